The molecule has 0 N–H and O–H groups in total. The molecule has 2 aromatic carbocycles. The summed E-state index contributed by atoms with van der Waals surface area (Å²) >= 11 is 12.3. The van der Waals surface area contributed by atoms with E-state index >= 15 is 0 Å². The van der Waals surface area contributed by atoms with Crippen LogP contribution in [0.3, 0.4) is 0 Å². The molecule has 108 valence electrons. The molecule has 0 saturated heterocycles. The first-order valence-electron chi connectivity index (χ1n) is 6.63. The van der Waals surface area contributed by atoms with E-state index in [-0.39, 0.29) is 0 Å². The van der Waals surface area contributed by atoms with Crippen LogP contribution in [0.1, 0.15) is 11.1 Å². The van der Waals surface area contributed by atoms with Crippen LogP contribution in [0.25, 0.3) is 11.4 Å². The molecule has 3 nitrogen and oxygen atoms in total. The highest BCUT2D eigenvalue weighted by Crippen LogP contribution is 2.29. The first kappa shape index (κ1) is 14.6. The minimum Gasteiger partial charge on any atom is -0.327 e. The van der Waals surface area contributed by atoms with E-state index < -0.39 is 0 Å². The average molecular weight is 328 g/mol. The summed E-state index contributed by atoms with van der Waals surface area (Å²) in [4.78, 5) is 4.38. The molecule has 1 heterocycles. The topological polar surface area (TPSA) is 41.6 Å². The van der Waals surface area contributed by atoms with Gasteiger partial charge in [0.15, 0.2) is 0 Å². The number of hydrogen-bond donors (Lipinski definition) is 0. The molecule has 0 amide bonds. The van der Waals surface area contributed by atoms with Gasteiger partial charge in [-0.3, -0.25) is 0 Å². The van der Waals surface area contributed by atoms with Crippen LogP contribution >= 0.6 is 23.2 Å². The van der Waals surface area contributed by atoms with Crippen LogP contribution in [0.5, 0.6) is 0 Å². The quantitative estimate of drug-likeness (QED) is 0.694. The number of halogens is 2. The Hall–Kier alpha value is -2.28. The van der Waals surface area contributed by atoms with E-state index in [9.17, 15) is 0 Å². The van der Waals surface area contributed by atoms with Gasteiger partial charge in [0, 0.05) is 29.5 Å². The third-order valence-electron chi connectivity index (χ3n) is 3.29. The van der Waals surface area contributed by atoms with Crippen molar-refractivity contribution in [3.8, 4) is 17.5 Å². The van der Waals surface area contributed by atoms with Crippen LogP contribution in [-0.4, -0.2) is 9.55 Å². The van der Waals surface area contributed by atoms with Crippen molar-refractivity contribution in [1.29, 1.82) is 5.26 Å². The molecule has 0 aliphatic carbocycles. The molecule has 0 atom stereocenters. The Balaban J connectivity index is 1.99. The molecule has 22 heavy (non-hydrogen) atoms. The van der Waals surface area contributed by atoms with E-state index in [2.05, 4.69) is 11.1 Å². The van der Waals surface area contributed by atoms with Gasteiger partial charge < -0.3 is 4.57 Å². The third kappa shape index (κ3) is 2.99. The maximum atomic E-state index is 8.99. The molecule has 0 radical (unpaired) electrons. The van der Waals surface area contributed by atoms with Gasteiger partial charge in [0.25, 0.3) is 0 Å². The van der Waals surface area contributed by atoms with E-state index in [4.69, 9.17) is 28.5 Å². The van der Waals surface area contributed by atoms with E-state index in [0.29, 0.717) is 22.2 Å². The fraction of sp³-hybridized carbons (Fsp3) is 0.0588. The third-order valence-corrected chi connectivity index (χ3v) is 3.86. The smallest absolute Gasteiger partial charge is 0.141 e. The van der Waals surface area contributed by atoms with Crippen LogP contribution in [0, 0.1) is 11.3 Å². The zero-order chi connectivity index (χ0) is 15.5. The van der Waals surface area contributed by atoms with Crippen molar-refractivity contribution < 1.29 is 0 Å². The lowest BCUT2D eigenvalue weighted by atomic mass is 10.1. The Labute approximate surface area is 138 Å². The van der Waals surface area contributed by atoms with Crippen molar-refractivity contribution in [2.75, 3.05) is 0 Å². The Morgan fingerprint density at radius 3 is 2.82 bits per heavy atom. The lowest BCUT2D eigenvalue weighted by molar-refractivity contribution is 0.807. The van der Waals surface area contributed by atoms with E-state index in [0.717, 1.165) is 17.0 Å². The van der Waals surface area contributed by atoms with Crippen LogP contribution in [0.2, 0.25) is 10.0 Å². The highest BCUT2D eigenvalue weighted by Gasteiger charge is 2.11. The molecule has 0 bridgehead atoms. The van der Waals surface area contributed by atoms with Crippen molar-refractivity contribution in [3.63, 3.8) is 0 Å². The monoisotopic (exact) mass is 327 g/mol. The molecule has 0 aliphatic heterocycles. The number of hydrogen-bond acceptors (Lipinski definition) is 2. The minimum atomic E-state index is 0.600. The minimum absolute atomic E-state index is 0.600. The summed E-state index contributed by atoms with van der Waals surface area (Å²) in [6.07, 6.45) is 3.60. The number of nitrogens with zero attached hydrogens (tertiary/aromatic N) is 3. The van der Waals surface area contributed by atoms with Crippen molar-refractivity contribution in [2.45, 2.75) is 6.54 Å². The van der Waals surface area contributed by atoms with Crippen molar-refractivity contribution in [3.05, 3.63) is 76.0 Å². The van der Waals surface area contributed by atoms with Crippen molar-refractivity contribution >= 4 is 23.2 Å². The lowest BCUT2D eigenvalue weighted by Gasteiger charge is -2.10. The molecule has 0 saturated carbocycles. The fourth-order valence-electron chi connectivity index (χ4n) is 2.29. The standard InChI is InChI=1S/C17H11Cl2N3/c18-14-4-5-16(19)15(9-14)17-21-6-7-22(17)11-13-3-1-2-12(8-13)10-20/h1-9H,11H2. The van der Waals surface area contributed by atoms with Gasteiger partial charge in [-0.05, 0) is 35.9 Å². The van der Waals surface area contributed by atoms with Gasteiger partial charge in [0.05, 0.1) is 16.7 Å². The van der Waals surface area contributed by atoms with E-state index in [1.807, 2.05) is 29.0 Å². The molecule has 0 unspecified atom stereocenters. The SMILES string of the molecule is N#Cc1cccc(Cn2ccnc2-c2cc(Cl)ccc2Cl)c1. The van der Waals surface area contributed by atoms with Gasteiger partial charge in [-0.1, -0.05) is 35.3 Å². The van der Waals surface area contributed by atoms with Gasteiger partial charge >= 0.3 is 0 Å². The Morgan fingerprint density at radius 1 is 1.14 bits per heavy atom. The molecule has 0 aliphatic rings. The highest BCUT2D eigenvalue weighted by molar-refractivity contribution is 6.35. The van der Waals surface area contributed by atoms with Gasteiger partial charge in [-0.2, -0.15) is 5.26 Å². The number of rotatable bonds is 3. The number of aromatic nitrogens is 2. The molecule has 1 aromatic heterocycles. The first-order valence-corrected chi connectivity index (χ1v) is 7.38. The maximum absolute atomic E-state index is 8.99. The second kappa shape index (κ2) is 6.23. The van der Waals surface area contributed by atoms with Gasteiger partial charge in [0.1, 0.15) is 5.82 Å². The number of benzene rings is 2. The Kier molecular flexibility index (Phi) is 4.15. The largest absolute Gasteiger partial charge is 0.327 e. The predicted octanol–water partition coefficient (Wildman–Crippen LogP) is 4.78. The molecular weight excluding hydrogens is 317 g/mol. The average Bonchev–Trinajstić information content (AvgIpc) is 2.98. The van der Waals surface area contributed by atoms with Crippen LogP contribution in [-0.2, 0) is 6.54 Å². The summed E-state index contributed by atoms with van der Waals surface area (Å²) in [6.45, 7) is 0.605. The molecule has 5 heteroatoms. The second-order valence-electron chi connectivity index (χ2n) is 4.82. The number of nitriles is 1. The van der Waals surface area contributed by atoms with Gasteiger partial charge in [-0.25, -0.2) is 4.98 Å². The molecule has 3 aromatic rings. The van der Waals surface area contributed by atoms with Crippen molar-refractivity contribution in [2.24, 2.45) is 0 Å². The van der Waals surface area contributed by atoms with Gasteiger partial charge in [0.2, 0.25) is 0 Å². The zero-order valence-electron chi connectivity index (χ0n) is 11.5. The number of imidazole rings is 1. The van der Waals surface area contributed by atoms with Crippen LogP contribution in [0.15, 0.2) is 54.9 Å². The Bertz CT molecular complexity index is 862. The second-order valence-corrected chi connectivity index (χ2v) is 5.66. The van der Waals surface area contributed by atoms with Gasteiger partial charge in [-0.15, -0.1) is 0 Å². The van der Waals surface area contributed by atoms with Crippen LogP contribution in [0.4, 0.5) is 0 Å². The lowest BCUT2D eigenvalue weighted by Crippen LogP contribution is -2.01. The van der Waals surface area contributed by atoms with E-state index in [1.165, 1.54) is 0 Å². The summed E-state index contributed by atoms with van der Waals surface area (Å²) in [5.74, 6) is 0.745. The predicted molar refractivity (Wildman–Crippen MR) is 87.9 cm³/mol. The summed E-state index contributed by atoms with van der Waals surface area (Å²) in [6, 6.07) is 14.9. The molecular formula is C17H11Cl2N3. The summed E-state index contributed by atoms with van der Waals surface area (Å²) in [5.41, 5.74) is 2.45. The maximum Gasteiger partial charge on any atom is 0.141 e. The van der Waals surface area contributed by atoms with Crippen LogP contribution < -0.4 is 0 Å². The zero-order valence-corrected chi connectivity index (χ0v) is 13.0. The molecule has 3 rings (SSSR count). The fourth-order valence-corrected chi connectivity index (χ4v) is 2.66. The highest BCUT2D eigenvalue weighted by atomic mass is 35.5. The van der Waals surface area contributed by atoms with E-state index in [1.54, 1.807) is 30.5 Å². The van der Waals surface area contributed by atoms with Crippen molar-refractivity contribution in [1.82, 2.24) is 9.55 Å². The molecule has 0 fully saturated rings. The Morgan fingerprint density at radius 2 is 2.00 bits per heavy atom. The first-order chi connectivity index (χ1) is 10.7. The summed E-state index contributed by atoms with van der Waals surface area (Å²) < 4.78 is 1.98. The molecule has 0 spiro atoms. The summed E-state index contributed by atoms with van der Waals surface area (Å²) in [5, 5.41) is 10.2. The normalized spacial score (nSPS) is 10.4. The summed E-state index contributed by atoms with van der Waals surface area (Å²) in [7, 11) is 0.